The third kappa shape index (κ3) is 3.84. The number of rotatable bonds is 6. The second kappa shape index (κ2) is 7.70. The fraction of sp³-hybridized carbons (Fsp3) is 0.250. The quantitative estimate of drug-likeness (QED) is 0.842. The molecule has 0 radical (unpaired) electrons. The molecule has 0 aromatic heterocycles. The van der Waals surface area contributed by atoms with Gasteiger partial charge in [0.15, 0.2) is 0 Å². The van der Waals surface area contributed by atoms with Crippen molar-refractivity contribution in [1.82, 2.24) is 0 Å². The molecule has 4 nitrogen and oxygen atoms in total. The predicted molar refractivity (Wildman–Crippen MR) is 87.8 cm³/mol. The highest BCUT2D eigenvalue weighted by Crippen LogP contribution is 2.33. The average molecular weight is 342 g/mol. The molecular weight excluding hydrogens is 325 g/mol. The number of hydrogen-bond donors (Lipinski definition) is 2. The van der Waals surface area contributed by atoms with Gasteiger partial charge in [-0.2, -0.15) is 0 Å². The molecule has 0 fully saturated rings. The molecule has 6 heteroatoms. The SMILES string of the molecule is COc1ccc([C@H](N)CO)cc1COc1cccc(Cl)c1Cl. The lowest BCUT2D eigenvalue weighted by Gasteiger charge is -2.15. The van der Waals surface area contributed by atoms with E-state index < -0.39 is 6.04 Å². The molecule has 0 aliphatic rings. The molecule has 118 valence electrons. The van der Waals surface area contributed by atoms with Crippen LogP contribution in [-0.2, 0) is 6.61 Å². The van der Waals surface area contributed by atoms with Crippen LogP contribution in [0.15, 0.2) is 36.4 Å². The molecule has 1 atom stereocenters. The Kier molecular flexibility index (Phi) is 5.91. The summed E-state index contributed by atoms with van der Waals surface area (Å²) < 4.78 is 11.0. The number of aliphatic hydroxyl groups is 1. The summed E-state index contributed by atoms with van der Waals surface area (Å²) >= 11 is 12.1. The normalized spacial score (nSPS) is 12.0. The van der Waals surface area contributed by atoms with E-state index in [1.54, 1.807) is 31.4 Å². The third-order valence-electron chi connectivity index (χ3n) is 3.23. The van der Waals surface area contributed by atoms with E-state index >= 15 is 0 Å². The number of methoxy groups -OCH3 is 1. The summed E-state index contributed by atoms with van der Waals surface area (Å²) in [6.07, 6.45) is 0. The van der Waals surface area contributed by atoms with E-state index in [4.69, 9.17) is 43.5 Å². The molecule has 2 aromatic rings. The van der Waals surface area contributed by atoms with Crippen molar-refractivity contribution in [2.24, 2.45) is 5.73 Å². The van der Waals surface area contributed by atoms with Crippen molar-refractivity contribution in [3.63, 3.8) is 0 Å². The van der Waals surface area contributed by atoms with Crippen LogP contribution in [-0.4, -0.2) is 18.8 Å². The number of hydrogen-bond acceptors (Lipinski definition) is 4. The number of nitrogens with two attached hydrogens (primary N) is 1. The van der Waals surface area contributed by atoms with Gasteiger partial charge in [0.2, 0.25) is 0 Å². The second-order valence-corrected chi connectivity index (χ2v) is 5.49. The topological polar surface area (TPSA) is 64.7 Å². The molecular formula is C16H17Cl2NO3. The zero-order chi connectivity index (χ0) is 16.1. The van der Waals surface area contributed by atoms with Gasteiger partial charge in [0.25, 0.3) is 0 Å². The first kappa shape index (κ1) is 16.9. The van der Waals surface area contributed by atoms with Crippen molar-refractivity contribution in [3.8, 4) is 11.5 Å². The number of halogens is 2. The van der Waals surface area contributed by atoms with Gasteiger partial charge in [0.05, 0.1) is 24.8 Å². The summed E-state index contributed by atoms with van der Waals surface area (Å²) in [7, 11) is 1.58. The van der Waals surface area contributed by atoms with Gasteiger partial charge in [-0.15, -0.1) is 0 Å². The molecule has 0 unspecified atom stereocenters. The maximum absolute atomic E-state index is 9.16. The maximum atomic E-state index is 9.16. The van der Waals surface area contributed by atoms with Crippen molar-refractivity contribution in [1.29, 1.82) is 0 Å². The molecule has 0 heterocycles. The standard InChI is InChI=1S/C16H17Cl2NO3/c1-21-14-6-5-10(13(19)8-20)7-11(14)9-22-15-4-2-3-12(17)16(15)18/h2-7,13,20H,8-9,19H2,1H3/t13-/m1/s1. The highest BCUT2D eigenvalue weighted by atomic mass is 35.5. The van der Waals surface area contributed by atoms with Crippen LogP contribution in [0.25, 0.3) is 0 Å². The number of benzene rings is 2. The van der Waals surface area contributed by atoms with E-state index in [-0.39, 0.29) is 13.2 Å². The summed E-state index contributed by atoms with van der Waals surface area (Å²) in [4.78, 5) is 0. The highest BCUT2D eigenvalue weighted by Gasteiger charge is 2.11. The molecule has 0 aliphatic carbocycles. The highest BCUT2D eigenvalue weighted by molar-refractivity contribution is 6.42. The summed E-state index contributed by atoms with van der Waals surface area (Å²) in [6, 6.07) is 10.2. The lowest BCUT2D eigenvalue weighted by molar-refractivity contribution is 0.267. The van der Waals surface area contributed by atoms with Crippen LogP contribution in [0.3, 0.4) is 0 Å². The summed E-state index contributed by atoms with van der Waals surface area (Å²) in [5.74, 6) is 1.17. The van der Waals surface area contributed by atoms with Crippen LogP contribution in [0.4, 0.5) is 0 Å². The average Bonchev–Trinajstić information content (AvgIpc) is 2.55. The zero-order valence-corrected chi connectivity index (χ0v) is 13.6. The molecule has 22 heavy (non-hydrogen) atoms. The fourth-order valence-electron chi connectivity index (χ4n) is 2.00. The van der Waals surface area contributed by atoms with Crippen molar-refractivity contribution in [2.75, 3.05) is 13.7 Å². The summed E-state index contributed by atoms with van der Waals surface area (Å²) in [5, 5.41) is 9.96. The van der Waals surface area contributed by atoms with Crippen LogP contribution in [0.2, 0.25) is 10.0 Å². The molecule has 0 saturated heterocycles. The Morgan fingerprint density at radius 1 is 1.18 bits per heavy atom. The molecule has 0 spiro atoms. The first-order valence-electron chi connectivity index (χ1n) is 6.67. The first-order chi connectivity index (χ1) is 10.6. The molecule has 0 bridgehead atoms. The fourth-order valence-corrected chi connectivity index (χ4v) is 2.34. The van der Waals surface area contributed by atoms with E-state index in [2.05, 4.69) is 0 Å². The van der Waals surface area contributed by atoms with Crippen molar-refractivity contribution < 1.29 is 14.6 Å². The second-order valence-electron chi connectivity index (χ2n) is 4.70. The van der Waals surface area contributed by atoms with Gasteiger partial charge in [0, 0.05) is 5.56 Å². The Morgan fingerprint density at radius 2 is 1.95 bits per heavy atom. The molecule has 3 N–H and O–H groups in total. The van der Waals surface area contributed by atoms with E-state index in [1.807, 2.05) is 12.1 Å². The summed E-state index contributed by atoms with van der Waals surface area (Å²) in [6.45, 7) is 0.113. The third-order valence-corrected chi connectivity index (χ3v) is 4.03. The van der Waals surface area contributed by atoms with E-state index in [9.17, 15) is 0 Å². The number of aliphatic hydroxyl groups excluding tert-OH is 1. The van der Waals surface area contributed by atoms with Crippen molar-refractivity contribution in [2.45, 2.75) is 12.6 Å². The van der Waals surface area contributed by atoms with Crippen LogP contribution in [0.5, 0.6) is 11.5 Å². The number of ether oxygens (including phenoxy) is 2. The van der Waals surface area contributed by atoms with Gasteiger partial charge in [0.1, 0.15) is 23.1 Å². The Bertz CT molecular complexity index is 649. The molecule has 0 amide bonds. The smallest absolute Gasteiger partial charge is 0.139 e. The van der Waals surface area contributed by atoms with Crippen LogP contribution >= 0.6 is 23.2 Å². The zero-order valence-electron chi connectivity index (χ0n) is 12.1. The van der Waals surface area contributed by atoms with E-state index in [1.165, 1.54) is 0 Å². The lowest BCUT2D eigenvalue weighted by Crippen LogP contribution is -2.15. The Morgan fingerprint density at radius 3 is 2.64 bits per heavy atom. The first-order valence-corrected chi connectivity index (χ1v) is 7.42. The molecule has 0 saturated carbocycles. The minimum atomic E-state index is -0.445. The lowest BCUT2D eigenvalue weighted by atomic mass is 10.0. The molecule has 0 aliphatic heterocycles. The van der Waals surface area contributed by atoms with E-state index in [0.717, 1.165) is 11.1 Å². The Hall–Kier alpha value is -1.46. The largest absolute Gasteiger partial charge is 0.496 e. The van der Waals surface area contributed by atoms with Gasteiger partial charge in [-0.05, 0) is 29.8 Å². The minimum absolute atomic E-state index is 0.132. The van der Waals surface area contributed by atoms with Crippen LogP contribution < -0.4 is 15.2 Å². The van der Waals surface area contributed by atoms with Crippen molar-refractivity contribution in [3.05, 3.63) is 57.6 Å². The van der Waals surface area contributed by atoms with Crippen LogP contribution in [0.1, 0.15) is 17.2 Å². The van der Waals surface area contributed by atoms with Gasteiger partial charge >= 0.3 is 0 Å². The maximum Gasteiger partial charge on any atom is 0.139 e. The monoisotopic (exact) mass is 341 g/mol. The van der Waals surface area contributed by atoms with Gasteiger partial charge in [-0.3, -0.25) is 0 Å². The Balaban J connectivity index is 2.22. The Labute approximate surface area is 139 Å². The van der Waals surface area contributed by atoms with Crippen molar-refractivity contribution >= 4 is 23.2 Å². The van der Waals surface area contributed by atoms with Gasteiger partial charge in [-0.1, -0.05) is 35.3 Å². The van der Waals surface area contributed by atoms with E-state index in [0.29, 0.717) is 21.5 Å². The molecule has 2 rings (SSSR count). The minimum Gasteiger partial charge on any atom is -0.496 e. The van der Waals surface area contributed by atoms with Crippen LogP contribution in [0, 0.1) is 0 Å². The molecule has 2 aromatic carbocycles. The summed E-state index contributed by atoms with van der Waals surface area (Å²) in [5.41, 5.74) is 7.45. The van der Waals surface area contributed by atoms with Gasteiger partial charge in [-0.25, -0.2) is 0 Å². The van der Waals surface area contributed by atoms with Gasteiger partial charge < -0.3 is 20.3 Å². The predicted octanol–water partition coefficient (Wildman–Crippen LogP) is 3.57.